The molecule has 0 radical (unpaired) electrons. The molecule has 1 amide bonds. The number of non-ortho nitro benzene ring substituents is 1. The molecule has 0 saturated carbocycles. The molecule has 2 aromatic heterocycles. The van der Waals surface area contributed by atoms with Crippen LogP contribution in [0, 0.1) is 10.1 Å². The number of hydrogen-bond acceptors (Lipinski definition) is 7. The summed E-state index contributed by atoms with van der Waals surface area (Å²) >= 11 is 0. The van der Waals surface area contributed by atoms with Gasteiger partial charge in [-0.05, 0) is 36.4 Å². The van der Waals surface area contributed by atoms with E-state index in [0.29, 0.717) is 16.9 Å². The van der Waals surface area contributed by atoms with E-state index in [0.717, 1.165) is 11.3 Å². The Hall–Kier alpha value is -4.34. The van der Waals surface area contributed by atoms with Gasteiger partial charge in [0.1, 0.15) is 5.75 Å². The predicted octanol–water partition coefficient (Wildman–Crippen LogP) is 3.19. The maximum absolute atomic E-state index is 12.5. The quantitative estimate of drug-likeness (QED) is 0.394. The number of carbonyl (C=O) groups is 1. The van der Waals surface area contributed by atoms with E-state index < -0.39 is 10.8 Å². The van der Waals surface area contributed by atoms with Crippen LogP contribution in [0.5, 0.6) is 5.75 Å². The Morgan fingerprint density at radius 2 is 1.86 bits per heavy atom. The van der Waals surface area contributed by atoms with E-state index in [-0.39, 0.29) is 17.1 Å². The Bertz CT molecular complexity index is 1200. The van der Waals surface area contributed by atoms with Crippen molar-refractivity contribution in [2.24, 2.45) is 0 Å². The summed E-state index contributed by atoms with van der Waals surface area (Å²) in [7, 11) is 1.59. The summed E-state index contributed by atoms with van der Waals surface area (Å²) in [6.07, 6.45) is 1.59. The summed E-state index contributed by atoms with van der Waals surface area (Å²) in [6, 6.07) is 12.6. The van der Waals surface area contributed by atoms with Crippen molar-refractivity contribution < 1.29 is 14.5 Å². The van der Waals surface area contributed by atoms with Crippen LogP contribution in [-0.4, -0.2) is 38.1 Å². The average molecular weight is 390 g/mol. The molecule has 4 aromatic rings. The van der Waals surface area contributed by atoms with Gasteiger partial charge in [0.25, 0.3) is 11.6 Å². The maximum atomic E-state index is 12.5. The first-order chi connectivity index (χ1) is 14.0. The minimum absolute atomic E-state index is 0.0939. The van der Waals surface area contributed by atoms with E-state index in [1.165, 1.54) is 24.3 Å². The van der Waals surface area contributed by atoms with Crippen molar-refractivity contribution in [2.75, 3.05) is 12.4 Å². The summed E-state index contributed by atoms with van der Waals surface area (Å²) in [5, 5.41) is 20.2. The van der Waals surface area contributed by atoms with Gasteiger partial charge in [-0.1, -0.05) is 0 Å². The van der Waals surface area contributed by atoms with E-state index in [1.54, 1.807) is 13.3 Å². The smallest absolute Gasteiger partial charge is 0.269 e. The van der Waals surface area contributed by atoms with E-state index >= 15 is 0 Å². The number of nitrogens with zero attached hydrogens (tertiary/aromatic N) is 4. The number of amides is 1. The molecule has 29 heavy (non-hydrogen) atoms. The molecule has 0 bridgehead atoms. The zero-order valence-corrected chi connectivity index (χ0v) is 15.1. The lowest BCUT2D eigenvalue weighted by molar-refractivity contribution is -0.384. The molecule has 2 aromatic carbocycles. The number of hydrogen-bond donors (Lipinski definition) is 2. The van der Waals surface area contributed by atoms with Gasteiger partial charge in [-0.3, -0.25) is 20.0 Å². The monoisotopic (exact) mass is 390 g/mol. The van der Waals surface area contributed by atoms with Crippen molar-refractivity contribution in [1.29, 1.82) is 0 Å². The minimum Gasteiger partial charge on any atom is -0.497 e. The van der Waals surface area contributed by atoms with E-state index in [2.05, 4.69) is 25.5 Å². The Morgan fingerprint density at radius 3 is 2.52 bits per heavy atom. The molecule has 0 saturated heterocycles. The normalized spacial score (nSPS) is 10.7. The van der Waals surface area contributed by atoms with Gasteiger partial charge in [-0.15, -0.1) is 0 Å². The van der Waals surface area contributed by atoms with E-state index in [9.17, 15) is 14.9 Å². The molecular formula is C19H14N6O4. The Kier molecular flexibility index (Phi) is 4.57. The van der Waals surface area contributed by atoms with Gasteiger partial charge < -0.3 is 10.1 Å². The van der Waals surface area contributed by atoms with Gasteiger partial charge in [0.05, 0.1) is 23.9 Å². The lowest BCUT2D eigenvalue weighted by Crippen LogP contribution is -2.12. The molecule has 2 heterocycles. The number of aromatic nitrogens is 4. The molecule has 0 unspecified atom stereocenters. The first-order valence-corrected chi connectivity index (χ1v) is 8.46. The fourth-order valence-electron chi connectivity index (χ4n) is 2.70. The SMILES string of the molecule is COc1ccc(-c2cnc3n[nH]c(NC(=O)c4ccc([N+](=O)[O-])cc4)c3n2)cc1. The van der Waals surface area contributed by atoms with Gasteiger partial charge in [0.2, 0.25) is 5.65 Å². The third-order valence-corrected chi connectivity index (χ3v) is 4.23. The lowest BCUT2D eigenvalue weighted by atomic mass is 10.1. The van der Waals surface area contributed by atoms with Crippen LogP contribution in [-0.2, 0) is 0 Å². The van der Waals surface area contributed by atoms with Gasteiger partial charge in [-0.25, -0.2) is 9.97 Å². The van der Waals surface area contributed by atoms with Crippen LogP contribution >= 0.6 is 0 Å². The molecule has 4 rings (SSSR count). The standard InChI is InChI=1S/C19H14N6O4/c1-29-14-8-4-11(5-9-14)15-10-20-17-16(21-15)18(24-23-17)22-19(26)12-2-6-13(7-3-12)25(27)28/h2-10H,1H3,(H2,20,22,23,24,26). The number of H-pyrrole nitrogens is 1. The highest BCUT2D eigenvalue weighted by Gasteiger charge is 2.15. The van der Waals surface area contributed by atoms with Crippen molar-refractivity contribution in [1.82, 2.24) is 20.2 Å². The molecule has 0 aliphatic heterocycles. The molecule has 10 heteroatoms. The zero-order chi connectivity index (χ0) is 20.4. The van der Waals surface area contributed by atoms with Crippen LogP contribution < -0.4 is 10.1 Å². The summed E-state index contributed by atoms with van der Waals surface area (Å²) < 4.78 is 5.15. The van der Waals surface area contributed by atoms with Crippen LogP contribution in [0.15, 0.2) is 54.7 Å². The highest BCUT2D eigenvalue weighted by Crippen LogP contribution is 2.24. The second-order valence-corrected chi connectivity index (χ2v) is 6.01. The fourth-order valence-corrected chi connectivity index (χ4v) is 2.70. The van der Waals surface area contributed by atoms with Crippen molar-refractivity contribution in [3.63, 3.8) is 0 Å². The second-order valence-electron chi connectivity index (χ2n) is 6.01. The van der Waals surface area contributed by atoms with Crippen LogP contribution in [0.4, 0.5) is 11.5 Å². The highest BCUT2D eigenvalue weighted by atomic mass is 16.6. The van der Waals surface area contributed by atoms with Crippen LogP contribution in [0.1, 0.15) is 10.4 Å². The number of fused-ring (bicyclic) bond motifs is 1. The summed E-state index contributed by atoms with van der Waals surface area (Å²) in [5.74, 6) is 0.551. The number of benzene rings is 2. The summed E-state index contributed by atoms with van der Waals surface area (Å²) in [4.78, 5) is 31.5. The number of carbonyl (C=O) groups excluding carboxylic acids is 1. The highest BCUT2D eigenvalue weighted by molar-refractivity contribution is 6.07. The Labute approximate surface area is 163 Å². The Morgan fingerprint density at radius 1 is 1.14 bits per heavy atom. The Balaban J connectivity index is 1.61. The average Bonchev–Trinajstić information content (AvgIpc) is 3.15. The van der Waals surface area contributed by atoms with Gasteiger partial charge in [-0.2, -0.15) is 5.10 Å². The topological polar surface area (TPSA) is 136 Å². The fraction of sp³-hybridized carbons (Fsp3) is 0.0526. The molecule has 0 atom stereocenters. The van der Waals surface area contributed by atoms with Crippen molar-refractivity contribution in [2.45, 2.75) is 0 Å². The lowest BCUT2D eigenvalue weighted by Gasteiger charge is -2.05. The number of ether oxygens (including phenoxy) is 1. The van der Waals surface area contributed by atoms with E-state index in [4.69, 9.17) is 4.74 Å². The molecule has 10 nitrogen and oxygen atoms in total. The number of rotatable bonds is 5. The van der Waals surface area contributed by atoms with Crippen molar-refractivity contribution in [3.8, 4) is 17.0 Å². The molecule has 0 spiro atoms. The number of nitro benzene ring substituents is 1. The van der Waals surface area contributed by atoms with Crippen molar-refractivity contribution in [3.05, 3.63) is 70.4 Å². The zero-order valence-electron chi connectivity index (χ0n) is 15.1. The van der Waals surface area contributed by atoms with E-state index in [1.807, 2.05) is 24.3 Å². The number of aromatic amines is 1. The predicted molar refractivity (Wildman–Crippen MR) is 105 cm³/mol. The third kappa shape index (κ3) is 3.58. The number of nitro groups is 1. The minimum atomic E-state index is -0.527. The molecule has 0 aliphatic rings. The van der Waals surface area contributed by atoms with Crippen LogP contribution in [0.2, 0.25) is 0 Å². The molecular weight excluding hydrogens is 376 g/mol. The van der Waals surface area contributed by atoms with Gasteiger partial charge in [0, 0.05) is 23.3 Å². The van der Waals surface area contributed by atoms with Gasteiger partial charge in [0.15, 0.2) is 11.3 Å². The maximum Gasteiger partial charge on any atom is 0.269 e. The molecule has 0 aliphatic carbocycles. The van der Waals surface area contributed by atoms with Crippen LogP contribution in [0.25, 0.3) is 22.4 Å². The second kappa shape index (κ2) is 7.35. The molecule has 0 fully saturated rings. The number of nitrogens with one attached hydrogen (secondary N) is 2. The number of methoxy groups -OCH3 is 1. The van der Waals surface area contributed by atoms with Crippen LogP contribution in [0.3, 0.4) is 0 Å². The first-order valence-electron chi connectivity index (χ1n) is 8.46. The third-order valence-electron chi connectivity index (χ3n) is 4.23. The molecule has 2 N–H and O–H groups in total. The van der Waals surface area contributed by atoms with Crippen molar-refractivity contribution >= 4 is 28.6 Å². The summed E-state index contributed by atoms with van der Waals surface area (Å²) in [5.41, 5.74) is 2.34. The molecule has 144 valence electrons. The van der Waals surface area contributed by atoms with Gasteiger partial charge >= 0.3 is 0 Å². The summed E-state index contributed by atoms with van der Waals surface area (Å²) in [6.45, 7) is 0. The largest absolute Gasteiger partial charge is 0.497 e. The first kappa shape index (κ1) is 18.0. The number of anilines is 1.